The third-order valence-corrected chi connectivity index (χ3v) is 1.08. The van der Waals surface area contributed by atoms with Crippen LogP contribution in [0.2, 0.25) is 0 Å². The van der Waals surface area contributed by atoms with Gasteiger partial charge < -0.3 is 5.11 Å². The number of carbonyl (C=O) groups excluding carboxylic acids is 1. The highest BCUT2D eigenvalue weighted by atomic mass is 16.3. The summed E-state index contributed by atoms with van der Waals surface area (Å²) in [7, 11) is 0. The summed E-state index contributed by atoms with van der Waals surface area (Å²) >= 11 is 0. The number of carbonyl (C=O) groups is 1. The third-order valence-electron chi connectivity index (χ3n) is 1.08. The summed E-state index contributed by atoms with van der Waals surface area (Å²) in [5, 5.41) is 8.81. The summed E-state index contributed by atoms with van der Waals surface area (Å²) in [5.41, 5.74) is 0. The summed E-state index contributed by atoms with van der Waals surface area (Å²) in [5.74, 6) is -0.0434. The molecule has 0 fully saturated rings. The monoisotopic (exact) mass is 154 g/mol. The maximum atomic E-state index is 10.8. The van der Waals surface area contributed by atoms with E-state index >= 15 is 0 Å². The minimum absolute atomic E-state index is 0.0434. The molecule has 11 heavy (non-hydrogen) atoms. The largest absolute Gasteiger partial charge is 0.393 e. The topological polar surface area (TPSA) is 37.3 Å². The van der Waals surface area contributed by atoms with E-state index in [0.717, 1.165) is 0 Å². The van der Waals surface area contributed by atoms with Gasteiger partial charge in [0.1, 0.15) is 0 Å². The lowest BCUT2D eigenvalue weighted by molar-refractivity contribution is -0.116. The number of aliphatic hydroxyl groups excluding tert-OH is 1. The maximum Gasteiger partial charge on any atom is 0.158 e. The molecular weight excluding hydrogens is 140 g/mol. The van der Waals surface area contributed by atoms with E-state index in [-0.39, 0.29) is 12.2 Å². The number of allylic oxidation sites excluding steroid dienone is 4. The highest BCUT2D eigenvalue weighted by Crippen LogP contribution is 1.92. The molecule has 0 spiro atoms. The van der Waals surface area contributed by atoms with Crippen molar-refractivity contribution in [3.8, 4) is 0 Å². The van der Waals surface area contributed by atoms with Gasteiger partial charge in [-0.2, -0.15) is 0 Å². The zero-order valence-electron chi connectivity index (χ0n) is 6.95. The molecule has 0 saturated carbocycles. The Balaban J connectivity index is 3.69. The first-order chi connectivity index (χ1) is 5.16. The molecule has 62 valence electrons. The molecule has 0 aliphatic carbocycles. The summed E-state index contributed by atoms with van der Waals surface area (Å²) < 4.78 is 0. The van der Waals surface area contributed by atoms with Crippen LogP contribution in [0.15, 0.2) is 24.3 Å². The van der Waals surface area contributed by atoms with Gasteiger partial charge >= 0.3 is 0 Å². The third kappa shape index (κ3) is 7.00. The Kier molecular flexibility index (Phi) is 5.39. The lowest BCUT2D eigenvalue weighted by Gasteiger charge is -1.96. The smallest absolute Gasteiger partial charge is 0.158 e. The van der Waals surface area contributed by atoms with Crippen LogP contribution in [0, 0.1) is 0 Å². The van der Waals surface area contributed by atoms with Crippen LogP contribution >= 0.6 is 0 Å². The van der Waals surface area contributed by atoms with Gasteiger partial charge in [0, 0.05) is 6.42 Å². The van der Waals surface area contributed by atoms with Gasteiger partial charge in [0.25, 0.3) is 0 Å². The summed E-state index contributed by atoms with van der Waals surface area (Å²) in [4.78, 5) is 10.8. The van der Waals surface area contributed by atoms with Crippen LogP contribution < -0.4 is 0 Å². The molecule has 1 unspecified atom stereocenters. The second-order valence-corrected chi connectivity index (χ2v) is 2.40. The first kappa shape index (κ1) is 10.1. The highest BCUT2D eigenvalue weighted by Gasteiger charge is 2.00. The molecule has 0 rings (SSSR count). The van der Waals surface area contributed by atoms with Crippen molar-refractivity contribution >= 4 is 5.78 Å². The average Bonchev–Trinajstić information content (AvgIpc) is 1.86. The van der Waals surface area contributed by atoms with Gasteiger partial charge in [-0.3, -0.25) is 4.79 Å². The fourth-order valence-corrected chi connectivity index (χ4v) is 0.633. The van der Waals surface area contributed by atoms with Gasteiger partial charge in [-0.05, 0) is 19.9 Å². The Bertz CT molecular complexity index is 166. The van der Waals surface area contributed by atoms with Gasteiger partial charge in [-0.25, -0.2) is 0 Å². The van der Waals surface area contributed by atoms with Crippen LogP contribution in [-0.4, -0.2) is 17.0 Å². The molecule has 1 N–H and O–H groups in total. The fourth-order valence-electron chi connectivity index (χ4n) is 0.633. The lowest BCUT2D eigenvalue weighted by atomic mass is 10.2. The molecule has 0 heterocycles. The van der Waals surface area contributed by atoms with Gasteiger partial charge in [0.2, 0.25) is 0 Å². The molecule has 0 aliphatic rings. The molecule has 0 aromatic heterocycles. The van der Waals surface area contributed by atoms with Crippen molar-refractivity contribution in [1.82, 2.24) is 0 Å². The quantitative estimate of drug-likeness (QED) is 0.491. The highest BCUT2D eigenvalue weighted by molar-refractivity contribution is 5.90. The van der Waals surface area contributed by atoms with E-state index in [4.69, 9.17) is 5.11 Å². The first-order valence-corrected chi connectivity index (χ1v) is 3.67. The van der Waals surface area contributed by atoms with E-state index in [0.29, 0.717) is 0 Å². The minimum Gasteiger partial charge on any atom is -0.393 e. The normalized spacial score (nSPS) is 14.5. The Hall–Kier alpha value is -0.890. The predicted molar refractivity (Wildman–Crippen MR) is 45.3 cm³/mol. The van der Waals surface area contributed by atoms with Crippen molar-refractivity contribution in [3.63, 3.8) is 0 Å². The number of ketones is 1. The van der Waals surface area contributed by atoms with E-state index in [1.807, 2.05) is 13.0 Å². The summed E-state index contributed by atoms with van der Waals surface area (Å²) in [6.45, 7) is 3.48. The first-order valence-electron chi connectivity index (χ1n) is 3.67. The van der Waals surface area contributed by atoms with E-state index in [9.17, 15) is 4.79 Å². The summed E-state index contributed by atoms with van der Waals surface area (Å²) in [6, 6.07) is 0. The minimum atomic E-state index is -0.544. The van der Waals surface area contributed by atoms with Crippen LogP contribution in [-0.2, 0) is 4.79 Å². The van der Waals surface area contributed by atoms with Crippen LogP contribution in [0.25, 0.3) is 0 Å². The zero-order chi connectivity index (χ0) is 8.69. The number of aliphatic hydroxyl groups is 1. The molecule has 0 saturated heterocycles. The zero-order valence-corrected chi connectivity index (χ0v) is 6.95. The van der Waals surface area contributed by atoms with Crippen molar-refractivity contribution in [2.45, 2.75) is 26.4 Å². The molecular formula is C9H14O2. The molecule has 0 aromatic rings. The Morgan fingerprint density at radius 3 is 2.64 bits per heavy atom. The van der Waals surface area contributed by atoms with Gasteiger partial charge in [0.05, 0.1) is 6.10 Å². The molecule has 0 aliphatic heterocycles. The molecule has 2 heteroatoms. The Labute approximate surface area is 67.2 Å². The molecule has 1 atom stereocenters. The Morgan fingerprint density at radius 1 is 1.55 bits per heavy atom. The van der Waals surface area contributed by atoms with Gasteiger partial charge in [0.15, 0.2) is 5.78 Å². The number of rotatable bonds is 4. The summed E-state index contributed by atoms with van der Waals surface area (Å²) in [6.07, 6.45) is 6.41. The number of hydrogen-bond donors (Lipinski definition) is 1. The van der Waals surface area contributed by atoms with Crippen LogP contribution in [0.1, 0.15) is 20.3 Å². The van der Waals surface area contributed by atoms with Crippen molar-refractivity contribution in [3.05, 3.63) is 24.3 Å². The molecule has 0 radical (unpaired) electrons. The maximum absolute atomic E-state index is 10.8. The average molecular weight is 154 g/mol. The van der Waals surface area contributed by atoms with E-state index in [2.05, 4.69) is 0 Å². The second kappa shape index (κ2) is 5.86. The van der Waals surface area contributed by atoms with Crippen LogP contribution in [0.5, 0.6) is 0 Å². The lowest BCUT2D eigenvalue weighted by Crippen LogP contribution is -2.06. The molecule has 0 amide bonds. The SMILES string of the molecule is C/C=C/C=C/C(=O)CC(C)O. The van der Waals surface area contributed by atoms with Gasteiger partial charge in [-0.15, -0.1) is 0 Å². The van der Waals surface area contributed by atoms with Crippen molar-refractivity contribution in [1.29, 1.82) is 0 Å². The van der Waals surface area contributed by atoms with Crippen molar-refractivity contribution < 1.29 is 9.90 Å². The van der Waals surface area contributed by atoms with Gasteiger partial charge in [-0.1, -0.05) is 18.2 Å². The molecule has 0 bridgehead atoms. The van der Waals surface area contributed by atoms with E-state index in [1.165, 1.54) is 6.08 Å². The predicted octanol–water partition coefficient (Wildman–Crippen LogP) is 1.46. The van der Waals surface area contributed by atoms with E-state index in [1.54, 1.807) is 19.1 Å². The Morgan fingerprint density at radius 2 is 2.18 bits per heavy atom. The van der Waals surface area contributed by atoms with Crippen LogP contribution in [0.3, 0.4) is 0 Å². The van der Waals surface area contributed by atoms with E-state index < -0.39 is 6.10 Å². The molecule has 2 nitrogen and oxygen atoms in total. The van der Waals surface area contributed by atoms with Crippen molar-refractivity contribution in [2.24, 2.45) is 0 Å². The molecule has 0 aromatic carbocycles. The second-order valence-electron chi connectivity index (χ2n) is 2.40. The standard InChI is InChI=1S/C9H14O2/c1-3-4-5-6-9(11)7-8(2)10/h3-6,8,10H,7H2,1-2H3/b4-3+,6-5+. The fraction of sp³-hybridized carbons (Fsp3) is 0.444. The van der Waals surface area contributed by atoms with Crippen LogP contribution in [0.4, 0.5) is 0 Å². The number of hydrogen-bond acceptors (Lipinski definition) is 2. The van der Waals surface area contributed by atoms with Crippen molar-refractivity contribution in [2.75, 3.05) is 0 Å².